The van der Waals surface area contributed by atoms with Crippen molar-refractivity contribution in [3.8, 4) is 11.5 Å². The molecule has 0 aromatic heterocycles. The maximum atomic E-state index is 9.38. The van der Waals surface area contributed by atoms with Gasteiger partial charge in [0.15, 0.2) is 0 Å². The summed E-state index contributed by atoms with van der Waals surface area (Å²) < 4.78 is 12.0. The Morgan fingerprint density at radius 3 is 1.48 bits per heavy atom. The van der Waals surface area contributed by atoms with Gasteiger partial charge in [-0.05, 0) is 11.1 Å². The first-order valence-electron chi connectivity index (χ1n) is 9.73. The monoisotopic (exact) mass is 393 g/mol. The summed E-state index contributed by atoms with van der Waals surface area (Å²) in [4.78, 5) is 1.91. The topological polar surface area (TPSA) is 62.2 Å². The highest BCUT2D eigenvalue weighted by atomic mass is 16.5. The molecule has 0 aliphatic heterocycles. The Labute approximate surface area is 171 Å². The molecule has 0 heterocycles. The number of hydrogen-bond acceptors (Lipinski definition) is 5. The molecule has 0 atom stereocenters. The Hall–Kier alpha value is -3.02. The molecule has 0 unspecified atom stereocenters. The van der Waals surface area contributed by atoms with Crippen molar-refractivity contribution in [2.75, 3.05) is 31.2 Å². The van der Waals surface area contributed by atoms with Crippen LogP contribution in [0.2, 0.25) is 0 Å². The van der Waals surface area contributed by atoms with Crippen LogP contribution in [-0.2, 0) is 13.2 Å². The van der Waals surface area contributed by atoms with Crippen LogP contribution in [0.4, 0.5) is 5.69 Å². The van der Waals surface area contributed by atoms with Crippen molar-refractivity contribution in [3.05, 3.63) is 90.0 Å². The molecule has 3 rings (SSSR count). The molecule has 0 aliphatic rings. The maximum absolute atomic E-state index is 9.38. The number of aliphatic hydroxyl groups excluding tert-OH is 2. The van der Waals surface area contributed by atoms with Gasteiger partial charge in [-0.2, -0.15) is 0 Å². The molecule has 0 bridgehead atoms. The molecule has 3 aromatic rings. The van der Waals surface area contributed by atoms with E-state index in [-0.39, 0.29) is 13.2 Å². The summed E-state index contributed by atoms with van der Waals surface area (Å²) in [5.41, 5.74) is 2.99. The van der Waals surface area contributed by atoms with Crippen molar-refractivity contribution in [2.24, 2.45) is 0 Å². The van der Waals surface area contributed by atoms with Gasteiger partial charge < -0.3 is 24.6 Å². The summed E-state index contributed by atoms with van der Waals surface area (Å²) in [6, 6.07) is 25.6. The molecule has 5 heteroatoms. The average Bonchev–Trinajstić information content (AvgIpc) is 2.77. The lowest BCUT2D eigenvalue weighted by atomic mass is 10.2. The van der Waals surface area contributed by atoms with Crippen molar-refractivity contribution in [3.63, 3.8) is 0 Å². The van der Waals surface area contributed by atoms with Crippen molar-refractivity contribution in [2.45, 2.75) is 13.2 Å². The minimum absolute atomic E-state index is 0.00466. The summed E-state index contributed by atoms with van der Waals surface area (Å²) in [5, 5.41) is 18.8. The van der Waals surface area contributed by atoms with Gasteiger partial charge in [-0.15, -0.1) is 0 Å². The summed E-state index contributed by atoms with van der Waals surface area (Å²) in [5.74, 6) is 1.35. The fourth-order valence-electron chi connectivity index (χ4n) is 3.00. The molecule has 3 aromatic carbocycles. The number of aliphatic hydroxyl groups is 2. The summed E-state index contributed by atoms with van der Waals surface area (Å²) in [6.45, 7) is 1.72. The Balaban J connectivity index is 1.79. The first-order valence-corrected chi connectivity index (χ1v) is 9.73. The summed E-state index contributed by atoms with van der Waals surface area (Å²) >= 11 is 0. The molecule has 0 spiro atoms. The van der Waals surface area contributed by atoms with Gasteiger partial charge in [0.2, 0.25) is 0 Å². The normalized spacial score (nSPS) is 10.6. The molecule has 0 radical (unpaired) electrons. The largest absolute Gasteiger partial charge is 0.489 e. The third-order valence-electron chi connectivity index (χ3n) is 4.47. The van der Waals surface area contributed by atoms with E-state index >= 15 is 0 Å². The van der Waals surface area contributed by atoms with Gasteiger partial charge in [-0.3, -0.25) is 0 Å². The zero-order valence-electron chi connectivity index (χ0n) is 16.4. The lowest BCUT2D eigenvalue weighted by Gasteiger charge is -2.24. The fourth-order valence-corrected chi connectivity index (χ4v) is 3.00. The third kappa shape index (κ3) is 6.52. The molecule has 29 heavy (non-hydrogen) atoms. The third-order valence-corrected chi connectivity index (χ3v) is 4.47. The quantitative estimate of drug-likeness (QED) is 0.521. The number of ether oxygens (including phenoxy) is 2. The van der Waals surface area contributed by atoms with Crippen molar-refractivity contribution < 1.29 is 19.7 Å². The first-order chi connectivity index (χ1) is 14.3. The van der Waals surface area contributed by atoms with Crippen molar-refractivity contribution >= 4 is 5.69 Å². The molecule has 5 nitrogen and oxygen atoms in total. The van der Waals surface area contributed by atoms with E-state index in [1.54, 1.807) is 0 Å². The van der Waals surface area contributed by atoms with Crippen LogP contribution < -0.4 is 14.4 Å². The zero-order chi connectivity index (χ0) is 20.3. The maximum Gasteiger partial charge on any atom is 0.125 e. The van der Waals surface area contributed by atoms with E-state index in [1.165, 1.54) is 0 Å². The SMILES string of the molecule is OCCN(CCO)c1cc(OCc2ccccc2)cc(OCc2ccccc2)c1. The second-order valence-corrected chi connectivity index (χ2v) is 6.65. The molecule has 152 valence electrons. The molecule has 0 amide bonds. The predicted molar refractivity (Wildman–Crippen MR) is 114 cm³/mol. The van der Waals surface area contributed by atoms with Gasteiger partial charge in [0.05, 0.1) is 13.2 Å². The summed E-state index contributed by atoms with van der Waals surface area (Å²) in [7, 11) is 0. The van der Waals surface area contributed by atoms with Gasteiger partial charge >= 0.3 is 0 Å². The fraction of sp³-hybridized carbons (Fsp3) is 0.250. The van der Waals surface area contributed by atoms with Crippen LogP contribution in [0.15, 0.2) is 78.9 Å². The van der Waals surface area contributed by atoms with Crippen molar-refractivity contribution in [1.82, 2.24) is 0 Å². The van der Waals surface area contributed by atoms with E-state index in [2.05, 4.69) is 0 Å². The Kier molecular flexibility index (Phi) is 7.92. The minimum Gasteiger partial charge on any atom is -0.489 e. The van der Waals surface area contributed by atoms with Crippen LogP contribution in [0.3, 0.4) is 0 Å². The standard InChI is InChI=1S/C24H27NO4/c26-13-11-25(12-14-27)22-15-23(28-18-20-7-3-1-4-8-20)17-24(16-22)29-19-21-9-5-2-6-10-21/h1-10,15-17,26-27H,11-14,18-19H2. The second kappa shape index (κ2) is 11.1. The van der Waals surface area contributed by atoms with Gasteiger partial charge in [0, 0.05) is 37.0 Å². The van der Waals surface area contributed by atoms with Crippen LogP contribution in [0.5, 0.6) is 11.5 Å². The Morgan fingerprint density at radius 2 is 1.07 bits per heavy atom. The van der Waals surface area contributed by atoms with E-state index in [9.17, 15) is 10.2 Å². The van der Waals surface area contributed by atoms with E-state index in [4.69, 9.17) is 9.47 Å². The lowest BCUT2D eigenvalue weighted by molar-refractivity contribution is 0.279. The first kappa shape index (κ1) is 20.7. The number of hydrogen-bond donors (Lipinski definition) is 2. The van der Waals surface area contributed by atoms with Gasteiger partial charge in [0.25, 0.3) is 0 Å². The van der Waals surface area contributed by atoms with Gasteiger partial charge in [-0.1, -0.05) is 60.7 Å². The zero-order valence-corrected chi connectivity index (χ0v) is 16.4. The highest BCUT2D eigenvalue weighted by Gasteiger charge is 2.11. The van der Waals surface area contributed by atoms with Crippen molar-refractivity contribution in [1.29, 1.82) is 0 Å². The van der Waals surface area contributed by atoms with E-state index < -0.39 is 0 Å². The van der Waals surface area contributed by atoms with Crippen LogP contribution in [0.1, 0.15) is 11.1 Å². The molecule has 0 saturated heterocycles. The van der Waals surface area contributed by atoms with Crippen LogP contribution in [0.25, 0.3) is 0 Å². The Bertz CT molecular complexity index is 788. The number of nitrogens with zero attached hydrogens (tertiary/aromatic N) is 1. The highest BCUT2D eigenvalue weighted by molar-refractivity contribution is 5.56. The van der Waals surface area contributed by atoms with Gasteiger partial charge in [0.1, 0.15) is 24.7 Å². The smallest absolute Gasteiger partial charge is 0.125 e. The number of anilines is 1. The van der Waals surface area contributed by atoms with Crippen LogP contribution in [0, 0.1) is 0 Å². The minimum atomic E-state index is -0.00466. The number of rotatable bonds is 11. The molecule has 0 aliphatic carbocycles. The van der Waals surface area contributed by atoms with Crippen LogP contribution >= 0.6 is 0 Å². The molecular weight excluding hydrogens is 366 g/mol. The Morgan fingerprint density at radius 1 is 0.621 bits per heavy atom. The molecular formula is C24H27NO4. The van der Waals surface area contributed by atoms with E-state index in [1.807, 2.05) is 83.8 Å². The number of benzene rings is 3. The van der Waals surface area contributed by atoms with E-state index in [0.29, 0.717) is 37.8 Å². The second-order valence-electron chi connectivity index (χ2n) is 6.65. The summed E-state index contributed by atoms with van der Waals surface area (Å²) in [6.07, 6.45) is 0. The highest BCUT2D eigenvalue weighted by Crippen LogP contribution is 2.30. The molecule has 0 saturated carbocycles. The molecule has 2 N–H and O–H groups in total. The van der Waals surface area contributed by atoms with E-state index in [0.717, 1.165) is 16.8 Å². The van der Waals surface area contributed by atoms with Gasteiger partial charge in [-0.25, -0.2) is 0 Å². The predicted octanol–water partition coefficient (Wildman–Crippen LogP) is 3.64. The average molecular weight is 393 g/mol. The molecule has 0 fully saturated rings. The lowest BCUT2D eigenvalue weighted by Crippen LogP contribution is -2.29. The van der Waals surface area contributed by atoms with Crippen LogP contribution in [-0.4, -0.2) is 36.5 Å².